The quantitative estimate of drug-likeness (QED) is 0.536. The number of hydrogen-bond acceptors (Lipinski definition) is 1. The second-order valence-electron chi connectivity index (χ2n) is 3.41. The van der Waals surface area contributed by atoms with Crippen LogP contribution in [0.15, 0.2) is 42.5 Å². The van der Waals surface area contributed by atoms with Crippen LogP contribution in [0, 0.1) is 0 Å². The highest BCUT2D eigenvalue weighted by atomic mass is 14.8. The van der Waals surface area contributed by atoms with E-state index in [9.17, 15) is 0 Å². The standard InChI is InChI=1S/C13H19N/c1-14-12-8-3-2-5-9-13-10-6-4-7-11-13/h3-4,6-8,10-11,14H,2,5,9,12H2,1H3. The lowest BCUT2D eigenvalue weighted by molar-refractivity contribution is 0.835. The van der Waals surface area contributed by atoms with Gasteiger partial charge in [-0.1, -0.05) is 42.5 Å². The highest BCUT2D eigenvalue weighted by Gasteiger charge is 1.89. The summed E-state index contributed by atoms with van der Waals surface area (Å²) in [5.74, 6) is 0. The summed E-state index contributed by atoms with van der Waals surface area (Å²) in [5, 5.41) is 3.09. The summed E-state index contributed by atoms with van der Waals surface area (Å²) in [7, 11) is 1.97. The van der Waals surface area contributed by atoms with Crippen LogP contribution in [0.4, 0.5) is 0 Å². The first kappa shape index (κ1) is 11.0. The Labute approximate surface area is 86.8 Å². The Kier molecular flexibility index (Phi) is 5.76. The number of allylic oxidation sites excluding steroid dienone is 1. The largest absolute Gasteiger partial charge is 0.316 e. The molecule has 0 fully saturated rings. The van der Waals surface area contributed by atoms with Gasteiger partial charge < -0.3 is 5.32 Å². The molecule has 76 valence electrons. The summed E-state index contributed by atoms with van der Waals surface area (Å²) < 4.78 is 0. The van der Waals surface area contributed by atoms with Crippen molar-refractivity contribution in [1.82, 2.24) is 5.32 Å². The van der Waals surface area contributed by atoms with E-state index in [1.807, 2.05) is 7.05 Å². The van der Waals surface area contributed by atoms with Gasteiger partial charge in [0.1, 0.15) is 0 Å². The average molecular weight is 189 g/mol. The summed E-state index contributed by atoms with van der Waals surface area (Å²) in [4.78, 5) is 0. The molecule has 0 heterocycles. The fourth-order valence-electron chi connectivity index (χ4n) is 1.39. The molecule has 0 radical (unpaired) electrons. The van der Waals surface area contributed by atoms with Crippen LogP contribution in [0.2, 0.25) is 0 Å². The number of nitrogens with one attached hydrogen (secondary N) is 1. The third-order valence-electron chi connectivity index (χ3n) is 2.17. The molecule has 1 aromatic carbocycles. The van der Waals surface area contributed by atoms with Crippen LogP contribution in [-0.4, -0.2) is 13.6 Å². The molecule has 1 rings (SSSR count). The van der Waals surface area contributed by atoms with Crippen molar-refractivity contribution in [2.45, 2.75) is 19.3 Å². The van der Waals surface area contributed by atoms with Gasteiger partial charge in [0.25, 0.3) is 0 Å². The van der Waals surface area contributed by atoms with Crippen LogP contribution in [0.1, 0.15) is 18.4 Å². The van der Waals surface area contributed by atoms with E-state index >= 15 is 0 Å². The Bertz CT molecular complexity index is 251. The van der Waals surface area contributed by atoms with Gasteiger partial charge in [-0.25, -0.2) is 0 Å². The second kappa shape index (κ2) is 7.34. The van der Waals surface area contributed by atoms with E-state index in [1.54, 1.807) is 0 Å². The number of rotatable bonds is 6. The molecule has 14 heavy (non-hydrogen) atoms. The van der Waals surface area contributed by atoms with Crippen LogP contribution in [0.25, 0.3) is 0 Å². The number of unbranched alkanes of at least 4 members (excludes halogenated alkanes) is 1. The van der Waals surface area contributed by atoms with Crippen molar-refractivity contribution in [3.05, 3.63) is 48.0 Å². The van der Waals surface area contributed by atoms with Gasteiger partial charge in [-0.3, -0.25) is 0 Å². The predicted molar refractivity (Wildman–Crippen MR) is 62.4 cm³/mol. The van der Waals surface area contributed by atoms with Gasteiger partial charge in [0.05, 0.1) is 0 Å². The van der Waals surface area contributed by atoms with E-state index in [1.165, 1.54) is 24.8 Å². The Hall–Kier alpha value is -1.08. The van der Waals surface area contributed by atoms with Crippen LogP contribution in [-0.2, 0) is 6.42 Å². The fourth-order valence-corrected chi connectivity index (χ4v) is 1.39. The summed E-state index contributed by atoms with van der Waals surface area (Å²) in [5.41, 5.74) is 1.44. The lowest BCUT2D eigenvalue weighted by Crippen LogP contribution is -2.03. The minimum Gasteiger partial charge on any atom is -0.316 e. The summed E-state index contributed by atoms with van der Waals surface area (Å²) >= 11 is 0. The number of hydrogen-bond donors (Lipinski definition) is 1. The van der Waals surface area contributed by atoms with Crippen molar-refractivity contribution in [3.8, 4) is 0 Å². The Morgan fingerprint density at radius 1 is 1.14 bits per heavy atom. The number of benzene rings is 1. The molecule has 0 bridgehead atoms. The number of aryl methyl sites for hydroxylation is 1. The molecule has 0 aromatic heterocycles. The van der Waals surface area contributed by atoms with Gasteiger partial charge in [-0.15, -0.1) is 0 Å². The molecular weight excluding hydrogens is 170 g/mol. The molecule has 1 heteroatoms. The Morgan fingerprint density at radius 3 is 2.64 bits per heavy atom. The van der Waals surface area contributed by atoms with E-state index in [4.69, 9.17) is 0 Å². The normalized spacial score (nSPS) is 10.9. The molecule has 0 unspecified atom stereocenters. The van der Waals surface area contributed by atoms with Crippen LogP contribution in [0.3, 0.4) is 0 Å². The van der Waals surface area contributed by atoms with Crippen LogP contribution in [0.5, 0.6) is 0 Å². The zero-order valence-corrected chi connectivity index (χ0v) is 8.87. The maximum Gasteiger partial charge on any atom is 0.0131 e. The van der Waals surface area contributed by atoms with Crippen LogP contribution < -0.4 is 5.32 Å². The summed E-state index contributed by atoms with van der Waals surface area (Å²) in [6.07, 6.45) is 8.04. The molecule has 0 saturated carbocycles. The first-order valence-corrected chi connectivity index (χ1v) is 5.27. The SMILES string of the molecule is CNCC=CCCCc1ccccc1. The van der Waals surface area contributed by atoms with E-state index in [-0.39, 0.29) is 0 Å². The monoisotopic (exact) mass is 189 g/mol. The zero-order valence-electron chi connectivity index (χ0n) is 8.87. The first-order chi connectivity index (χ1) is 6.93. The molecule has 0 aliphatic heterocycles. The maximum absolute atomic E-state index is 3.09. The summed E-state index contributed by atoms with van der Waals surface area (Å²) in [6.45, 7) is 0.978. The molecule has 0 atom stereocenters. The lowest BCUT2D eigenvalue weighted by Gasteiger charge is -1.97. The molecule has 0 amide bonds. The Morgan fingerprint density at radius 2 is 1.93 bits per heavy atom. The Balaban J connectivity index is 2.10. The van der Waals surface area contributed by atoms with Crippen molar-refractivity contribution in [2.24, 2.45) is 0 Å². The van der Waals surface area contributed by atoms with Crippen molar-refractivity contribution >= 4 is 0 Å². The minimum absolute atomic E-state index is 0.978. The van der Waals surface area contributed by atoms with Gasteiger partial charge >= 0.3 is 0 Å². The molecule has 0 spiro atoms. The third kappa shape index (κ3) is 4.83. The smallest absolute Gasteiger partial charge is 0.0131 e. The van der Waals surface area contributed by atoms with E-state index in [0.29, 0.717) is 0 Å². The number of likely N-dealkylation sites (N-methyl/N-ethyl adjacent to an activating group) is 1. The average Bonchev–Trinajstić information content (AvgIpc) is 2.25. The molecule has 0 aliphatic rings. The molecule has 1 nitrogen and oxygen atoms in total. The zero-order chi connectivity index (χ0) is 10.1. The highest BCUT2D eigenvalue weighted by Crippen LogP contribution is 2.04. The van der Waals surface area contributed by atoms with Gasteiger partial charge in [-0.05, 0) is 31.9 Å². The van der Waals surface area contributed by atoms with Crippen molar-refractivity contribution < 1.29 is 0 Å². The van der Waals surface area contributed by atoms with Crippen molar-refractivity contribution in [3.63, 3.8) is 0 Å². The molecule has 0 aliphatic carbocycles. The molecule has 0 saturated heterocycles. The fraction of sp³-hybridized carbons (Fsp3) is 0.385. The van der Waals surface area contributed by atoms with Crippen molar-refractivity contribution in [1.29, 1.82) is 0 Å². The second-order valence-corrected chi connectivity index (χ2v) is 3.41. The minimum atomic E-state index is 0.978. The topological polar surface area (TPSA) is 12.0 Å². The lowest BCUT2D eigenvalue weighted by atomic mass is 10.1. The van der Waals surface area contributed by atoms with E-state index in [0.717, 1.165) is 6.54 Å². The highest BCUT2D eigenvalue weighted by molar-refractivity contribution is 5.14. The summed E-state index contributed by atoms with van der Waals surface area (Å²) in [6, 6.07) is 10.7. The van der Waals surface area contributed by atoms with Gasteiger partial charge in [0.2, 0.25) is 0 Å². The molecular formula is C13H19N. The van der Waals surface area contributed by atoms with Gasteiger partial charge in [-0.2, -0.15) is 0 Å². The molecule has 1 N–H and O–H groups in total. The first-order valence-electron chi connectivity index (χ1n) is 5.27. The van der Waals surface area contributed by atoms with E-state index in [2.05, 4.69) is 47.8 Å². The molecule has 1 aromatic rings. The van der Waals surface area contributed by atoms with Gasteiger partial charge in [0.15, 0.2) is 0 Å². The van der Waals surface area contributed by atoms with Gasteiger partial charge in [0, 0.05) is 6.54 Å². The van der Waals surface area contributed by atoms with Crippen molar-refractivity contribution in [2.75, 3.05) is 13.6 Å². The van der Waals surface area contributed by atoms with Crippen LogP contribution >= 0.6 is 0 Å². The van der Waals surface area contributed by atoms with E-state index < -0.39 is 0 Å². The maximum atomic E-state index is 3.09. The third-order valence-corrected chi connectivity index (χ3v) is 2.17. The predicted octanol–water partition coefficient (Wildman–Crippen LogP) is 2.78.